The normalized spacial score (nSPS) is 10.8. The van der Waals surface area contributed by atoms with E-state index < -0.39 is 0 Å². The third-order valence-corrected chi connectivity index (χ3v) is 4.09. The Morgan fingerprint density at radius 1 is 0.963 bits per heavy atom. The van der Waals surface area contributed by atoms with Gasteiger partial charge in [-0.25, -0.2) is 5.43 Å². The molecular weight excluding hydrogens is 406 g/mol. The van der Waals surface area contributed by atoms with Crippen molar-refractivity contribution in [3.8, 4) is 0 Å². The predicted octanol–water partition coefficient (Wildman–Crippen LogP) is 3.76. The summed E-state index contributed by atoms with van der Waals surface area (Å²) in [5.74, 6) is 1.40. The Labute approximate surface area is 166 Å². The minimum Gasteiger partial charge on any atom is -0.350 e. The topological polar surface area (TPSA) is 78.3 Å². The number of hydrogen-bond acceptors (Lipinski definition) is 7. The maximum absolute atomic E-state index is 4.42. The van der Waals surface area contributed by atoms with Crippen LogP contribution in [0.5, 0.6) is 0 Å². The highest BCUT2D eigenvalue weighted by Gasteiger charge is 2.07. The molecule has 0 fully saturated rings. The predicted molar refractivity (Wildman–Crippen MR) is 113 cm³/mol. The molecule has 3 rings (SSSR count). The van der Waals surface area contributed by atoms with Crippen LogP contribution in [0.1, 0.15) is 11.1 Å². The van der Waals surface area contributed by atoms with Crippen LogP contribution >= 0.6 is 15.9 Å². The molecule has 8 heteroatoms. The summed E-state index contributed by atoms with van der Waals surface area (Å²) in [7, 11) is 3.76. The molecule has 0 radical (unpaired) electrons. The summed E-state index contributed by atoms with van der Waals surface area (Å²) in [6, 6.07) is 17.9. The first kappa shape index (κ1) is 18.8. The molecule has 0 amide bonds. The number of hydrogen-bond donors (Lipinski definition) is 2. The molecule has 138 valence electrons. The van der Waals surface area contributed by atoms with Crippen LogP contribution in [-0.4, -0.2) is 35.3 Å². The summed E-state index contributed by atoms with van der Waals surface area (Å²) >= 11 is 3.41. The second-order valence-electron chi connectivity index (χ2n) is 5.94. The Bertz CT molecular complexity index is 896. The van der Waals surface area contributed by atoms with E-state index in [0.717, 1.165) is 15.6 Å². The lowest BCUT2D eigenvalue weighted by atomic mass is 10.2. The fraction of sp³-hybridized carbons (Fsp3) is 0.158. The summed E-state index contributed by atoms with van der Waals surface area (Å²) in [6.45, 7) is 0.624. The first-order chi connectivity index (χ1) is 13.1. The van der Waals surface area contributed by atoms with Gasteiger partial charge in [0.25, 0.3) is 0 Å². The minimum absolute atomic E-state index is 0.373. The summed E-state index contributed by atoms with van der Waals surface area (Å²) in [5.41, 5.74) is 4.98. The van der Waals surface area contributed by atoms with Gasteiger partial charge in [-0.3, -0.25) is 0 Å². The summed E-state index contributed by atoms with van der Waals surface area (Å²) in [5, 5.41) is 7.44. The molecule has 0 aliphatic heterocycles. The first-order valence-electron chi connectivity index (χ1n) is 8.36. The lowest BCUT2D eigenvalue weighted by molar-refractivity contribution is 0.940. The smallest absolute Gasteiger partial charge is 0.250 e. The third kappa shape index (κ3) is 5.75. The SMILES string of the molecule is CN(C)c1nc(NCc2ccccc2)nc(NN=Cc2ccc(Br)cc2)n1. The van der Waals surface area contributed by atoms with Crippen LogP contribution in [0.4, 0.5) is 17.8 Å². The van der Waals surface area contributed by atoms with Gasteiger partial charge in [-0.15, -0.1) is 0 Å². The van der Waals surface area contributed by atoms with Crippen LogP contribution in [0.3, 0.4) is 0 Å². The number of nitrogens with zero attached hydrogens (tertiary/aromatic N) is 5. The molecule has 0 spiro atoms. The van der Waals surface area contributed by atoms with Crippen molar-refractivity contribution in [2.75, 3.05) is 29.7 Å². The molecule has 0 unspecified atom stereocenters. The first-order valence-corrected chi connectivity index (χ1v) is 9.15. The fourth-order valence-electron chi connectivity index (χ4n) is 2.18. The van der Waals surface area contributed by atoms with Crippen molar-refractivity contribution >= 4 is 40.0 Å². The van der Waals surface area contributed by atoms with Gasteiger partial charge in [0.1, 0.15) is 0 Å². The van der Waals surface area contributed by atoms with E-state index in [-0.39, 0.29) is 0 Å². The van der Waals surface area contributed by atoms with E-state index in [0.29, 0.717) is 24.4 Å². The van der Waals surface area contributed by atoms with Crippen LogP contribution in [-0.2, 0) is 6.54 Å². The van der Waals surface area contributed by atoms with Gasteiger partial charge in [0.15, 0.2) is 0 Å². The van der Waals surface area contributed by atoms with Crippen molar-refractivity contribution in [1.29, 1.82) is 0 Å². The van der Waals surface area contributed by atoms with E-state index in [9.17, 15) is 0 Å². The van der Waals surface area contributed by atoms with Crippen molar-refractivity contribution < 1.29 is 0 Å². The second kappa shape index (κ2) is 9.09. The molecule has 0 aliphatic rings. The maximum atomic E-state index is 4.42. The number of rotatable bonds is 7. The zero-order valence-electron chi connectivity index (χ0n) is 15.1. The molecular formula is C19H20BrN7. The van der Waals surface area contributed by atoms with Crippen LogP contribution < -0.4 is 15.6 Å². The van der Waals surface area contributed by atoms with Crippen LogP contribution in [0.25, 0.3) is 0 Å². The quantitative estimate of drug-likeness (QED) is 0.443. The summed E-state index contributed by atoms with van der Waals surface area (Å²) in [6.07, 6.45) is 1.71. The maximum Gasteiger partial charge on any atom is 0.250 e. The van der Waals surface area contributed by atoms with Gasteiger partial charge >= 0.3 is 0 Å². The summed E-state index contributed by atoms with van der Waals surface area (Å²) in [4.78, 5) is 15.0. The highest BCUT2D eigenvalue weighted by molar-refractivity contribution is 9.10. The van der Waals surface area contributed by atoms with Crippen molar-refractivity contribution in [1.82, 2.24) is 15.0 Å². The van der Waals surface area contributed by atoms with Gasteiger partial charge in [0, 0.05) is 25.1 Å². The number of benzene rings is 2. The van der Waals surface area contributed by atoms with Crippen LogP contribution in [0, 0.1) is 0 Å². The zero-order chi connectivity index (χ0) is 19.1. The van der Waals surface area contributed by atoms with Crippen molar-refractivity contribution in [2.45, 2.75) is 6.54 Å². The van der Waals surface area contributed by atoms with E-state index in [1.54, 1.807) is 6.21 Å². The second-order valence-corrected chi connectivity index (χ2v) is 6.85. The van der Waals surface area contributed by atoms with Crippen LogP contribution in [0.15, 0.2) is 64.2 Å². The van der Waals surface area contributed by atoms with Crippen molar-refractivity contribution in [2.24, 2.45) is 5.10 Å². The largest absolute Gasteiger partial charge is 0.350 e. The average Bonchev–Trinajstić information content (AvgIpc) is 2.68. The Balaban J connectivity index is 1.71. The van der Waals surface area contributed by atoms with E-state index in [1.807, 2.05) is 73.6 Å². The highest BCUT2D eigenvalue weighted by Crippen LogP contribution is 2.13. The van der Waals surface area contributed by atoms with E-state index >= 15 is 0 Å². The molecule has 0 saturated carbocycles. The van der Waals surface area contributed by atoms with Crippen molar-refractivity contribution in [3.63, 3.8) is 0 Å². The van der Waals surface area contributed by atoms with Gasteiger partial charge in [-0.2, -0.15) is 20.1 Å². The van der Waals surface area contributed by atoms with E-state index in [4.69, 9.17) is 0 Å². The molecule has 1 aromatic heterocycles. The Hall–Kier alpha value is -3.00. The van der Waals surface area contributed by atoms with Gasteiger partial charge in [-0.1, -0.05) is 58.4 Å². The lowest BCUT2D eigenvalue weighted by Crippen LogP contribution is -2.16. The van der Waals surface area contributed by atoms with Gasteiger partial charge in [-0.05, 0) is 23.3 Å². The number of anilines is 3. The average molecular weight is 426 g/mol. The molecule has 0 saturated heterocycles. The standard InChI is InChI=1S/C19H20BrN7/c1-27(2)19-24-17(21-12-14-6-4-3-5-7-14)23-18(25-19)26-22-13-15-8-10-16(20)11-9-15/h3-11,13H,12H2,1-2H3,(H2,21,23,24,25,26). The van der Waals surface area contributed by atoms with Gasteiger partial charge < -0.3 is 10.2 Å². The van der Waals surface area contributed by atoms with E-state index in [2.05, 4.69) is 46.7 Å². The van der Waals surface area contributed by atoms with Gasteiger partial charge in [0.05, 0.1) is 6.21 Å². The molecule has 0 aliphatic carbocycles. The number of nitrogens with one attached hydrogen (secondary N) is 2. The Morgan fingerprint density at radius 2 is 1.67 bits per heavy atom. The van der Waals surface area contributed by atoms with Gasteiger partial charge in [0.2, 0.25) is 17.8 Å². The highest BCUT2D eigenvalue weighted by atomic mass is 79.9. The summed E-state index contributed by atoms with van der Waals surface area (Å²) < 4.78 is 1.02. The molecule has 0 atom stereocenters. The number of halogens is 1. The number of hydrazone groups is 1. The molecule has 27 heavy (non-hydrogen) atoms. The Kier molecular flexibility index (Phi) is 6.32. The zero-order valence-corrected chi connectivity index (χ0v) is 16.7. The molecule has 1 heterocycles. The number of aromatic nitrogens is 3. The van der Waals surface area contributed by atoms with Crippen LogP contribution in [0.2, 0.25) is 0 Å². The molecule has 7 nitrogen and oxygen atoms in total. The fourth-order valence-corrected chi connectivity index (χ4v) is 2.45. The Morgan fingerprint density at radius 3 is 2.37 bits per heavy atom. The molecule has 2 N–H and O–H groups in total. The minimum atomic E-state index is 0.373. The molecule has 3 aromatic rings. The lowest BCUT2D eigenvalue weighted by Gasteiger charge is -2.13. The van der Waals surface area contributed by atoms with Crippen molar-refractivity contribution in [3.05, 3.63) is 70.2 Å². The molecule has 0 bridgehead atoms. The monoisotopic (exact) mass is 425 g/mol. The molecule has 2 aromatic carbocycles. The van der Waals surface area contributed by atoms with E-state index in [1.165, 1.54) is 0 Å². The third-order valence-electron chi connectivity index (χ3n) is 3.57.